The predicted molar refractivity (Wildman–Crippen MR) is 101 cm³/mol. The summed E-state index contributed by atoms with van der Waals surface area (Å²) < 4.78 is 15.4. The molecule has 0 amide bonds. The summed E-state index contributed by atoms with van der Waals surface area (Å²) in [6.45, 7) is 9.99. The van der Waals surface area contributed by atoms with Gasteiger partial charge in [0.1, 0.15) is 6.23 Å². The minimum absolute atomic E-state index is 0.521. The van der Waals surface area contributed by atoms with E-state index in [1.54, 1.807) is 27.4 Å². The Labute approximate surface area is 153 Å². The Morgan fingerprint density at radius 2 is 1.60 bits per heavy atom. The van der Waals surface area contributed by atoms with Crippen molar-refractivity contribution in [2.75, 3.05) is 74.1 Å². The van der Waals surface area contributed by atoms with Crippen LogP contribution >= 0.6 is 0 Å². The van der Waals surface area contributed by atoms with Crippen molar-refractivity contribution in [2.24, 2.45) is 0 Å². The Bertz CT molecular complexity index is 295. The second-order valence-corrected chi connectivity index (χ2v) is 6.05. The van der Waals surface area contributed by atoms with Crippen LogP contribution in [0.3, 0.4) is 0 Å². The summed E-state index contributed by atoms with van der Waals surface area (Å²) in [5.41, 5.74) is 0. The van der Waals surface area contributed by atoms with Gasteiger partial charge in [0.25, 0.3) is 0 Å². The van der Waals surface area contributed by atoms with Crippen molar-refractivity contribution in [1.82, 2.24) is 15.1 Å². The molecule has 0 saturated carbocycles. The van der Waals surface area contributed by atoms with Gasteiger partial charge in [-0.3, -0.25) is 9.80 Å². The average Bonchev–Trinajstić information content (AvgIpc) is 2.60. The van der Waals surface area contributed by atoms with E-state index in [0.29, 0.717) is 19.7 Å². The van der Waals surface area contributed by atoms with Gasteiger partial charge in [0, 0.05) is 67.3 Å². The smallest absolute Gasteiger partial charge is 0.111 e. The SMILES string of the molecule is C=CCC(O)N(CCCOC)CN(CCCOC)CNCCCOC. The minimum Gasteiger partial charge on any atom is -0.385 e. The lowest BCUT2D eigenvalue weighted by molar-refractivity contribution is -0.0341. The molecule has 2 N–H and O–H groups in total. The number of nitrogens with one attached hydrogen (secondary N) is 1. The maximum atomic E-state index is 10.4. The third-order valence-corrected chi connectivity index (χ3v) is 3.83. The van der Waals surface area contributed by atoms with Crippen LogP contribution in [0.5, 0.6) is 0 Å². The molecule has 0 heterocycles. The maximum absolute atomic E-state index is 10.4. The average molecular weight is 362 g/mol. The van der Waals surface area contributed by atoms with Crippen LogP contribution in [0.15, 0.2) is 12.7 Å². The van der Waals surface area contributed by atoms with Gasteiger partial charge >= 0.3 is 0 Å². The van der Waals surface area contributed by atoms with Gasteiger partial charge in [-0.25, -0.2) is 0 Å². The van der Waals surface area contributed by atoms with Crippen molar-refractivity contribution < 1.29 is 19.3 Å². The van der Waals surface area contributed by atoms with Crippen molar-refractivity contribution in [3.8, 4) is 0 Å². The molecule has 0 aromatic carbocycles. The highest BCUT2D eigenvalue weighted by Crippen LogP contribution is 2.06. The number of aliphatic hydroxyl groups is 1. The molecule has 0 spiro atoms. The molecule has 1 atom stereocenters. The number of hydrogen-bond donors (Lipinski definition) is 2. The number of rotatable bonds is 19. The van der Waals surface area contributed by atoms with Crippen molar-refractivity contribution in [3.05, 3.63) is 12.7 Å². The van der Waals surface area contributed by atoms with Gasteiger partial charge in [0.05, 0.1) is 6.67 Å². The highest BCUT2D eigenvalue weighted by Gasteiger charge is 2.17. The molecule has 7 nitrogen and oxygen atoms in total. The van der Waals surface area contributed by atoms with Gasteiger partial charge < -0.3 is 24.6 Å². The summed E-state index contributed by atoms with van der Waals surface area (Å²) >= 11 is 0. The zero-order valence-corrected chi connectivity index (χ0v) is 16.4. The van der Waals surface area contributed by atoms with Crippen molar-refractivity contribution in [3.63, 3.8) is 0 Å². The standard InChI is InChI=1S/C18H39N3O4/c1-5-9-18(22)21(12-8-15-25-4)17-20(11-7-14-24-3)16-19-10-6-13-23-2/h5,18-19,22H,1,6-17H2,2-4H3. The van der Waals surface area contributed by atoms with Crippen LogP contribution in [0.25, 0.3) is 0 Å². The molecule has 0 aliphatic carbocycles. The van der Waals surface area contributed by atoms with Gasteiger partial charge in [-0.2, -0.15) is 0 Å². The van der Waals surface area contributed by atoms with Gasteiger partial charge in [0.15, 0.2) is 0 Å². The molecule has 150 valence electrons. The first-order valence-electron chi connectivity index (χ1n) is 9.12. The zero-order chi connectivity index (χ0) is 18.8. The van der Waals surface area contributed by atoms with Crippen LogP contribution < -0.4 is 5.32 Å². The van der Waals surface area contributed by atoms with Gasteiger partial charge in [-0.1, -0.05) is 6.08 Å². The second-order valence-electron chi connectivity index (χ2n) is 6.05. The molecule has 0 saturated heterocycles. The van der Waals surface area contributed by atoms with Crippen LogP contribution in [0, 0.1) is 0 Å². The zero-order valence-electron chi connectivity index (χ0n) is 16.4. The van der Waals surface area contributed by atoms with Crippen LogP contribution in [-0.4, -0.2) is 95.3 Å². The Balaban J connectivity index is 4.51. The third kappa shape index (κ3) is 14.3. The first-order valence-corrected chi connectivity index (χ1v) is 9.12. The van der Waals surface area contributed by atoms with E-state index in [1.807, 2.05) is 0 Å². The normalized spacial score (nSPS) is 12.9. The molecule has 0 aliphatic rings. The molecule has 0 bridgehead atoms. The van der Waals surface area contributed by atoms with Crippen LogP contribution in [0.1, 0.15) is 25.7 Å². The summed E-state index contributed by atoms with van der Waals surface area (Å²) in [5.74, 6) is 0. The van der Waals surface area contributed by atoms with Gasteiger partial charge in [0.2, 0.25) is 0 Å². The minimum atomic E-state index is -0.521. The highest BCUT2D eigenvalue weighted by molar-refractivity contribution is 4.74. The Morgan fingerprint density at radius 3 is 2.20 bits per heavy atom. The topological polar surface area (TPSA) is 66.4 Å². The second kappa shape index (κ2) is 18.3. The van der Waals surface area contributed by atoms with E-state index in [-0.39, 0.29) is 0 Å². The summed E-state index contributed by atoms with van der Waals surface area (Å²) in [7, 11) is 5.14. The summed E-state index contributed by atoms with van der Waals surface area (Å²) in [4.78, 5) is 4.37. The lowest BCUT2D eigenvalue weighted by Gasteiger charge is -2.33. The molecule has 1 unspecified atom stereocenters. The molecule has 0 aliphatic heterocycles. The van der Waals surface area contributed by atoms with E-state index in [2.05, 4.69) is 21.7 Å². The molecule has 7 heteroatoms. The Morgan fingerprint density at radius 1 is 1.00 bits per heavy atom. The number of hydrogen-bond acceptors (Lipinski definition) is 7. The Hall–Kier alpha value is -0.540. The predicted octanol–water partition coefficient (Wildman–Crippen LogP) is 1.10. The van der Waals surface area contributed by atoms with E-state index in [1.165, 1.54) is 0 Å². The van der Waals surface area contributed by atoms with Crippen LogP contribution in [0.4, 0.5) is 0 Å². The summed E-state index contributed by atoms with van der Waals surface area (Å²) in [6.07, 6.45) is 4.62. The number of methoxy groups -OCH3 is 3. The van der Waals surface area contributed by atoms with Gasteiger partial charge in [-0.15, -0.1) is 6.58 Å². The molecule has 0 radical (unpaired) electrons. The lowest BCUT2D eigenvalue weighted by atomic mass is 10.3. The molecule has 0 aromatic rings. The first kappa shape index (κ1) is 24.5. The Kier molecular flexibility index (Phi) is 17.9. The fraction of sp³-hybridized carbons (Fsp3) is 0.889. The first-order chi connectivity index (χ1) is 12.2. The lowest BCUT2D eigenvalue weighted by Crippen LogP contribution is -2.47. The van der Waals surface area contributed by atoms with Crippen molar-refractivity contribution in [1.29, 1.82) is 0 Å². The van der Waals surface area contributed by atoms with E-state index in [4.69, 9.17) is 14.2 Å². The quantitative estimate of drug-likeness (QED) is 0.203. The summed E-state index contributed by atoms with van der Waals surface area (Å²) in [5, 5.41) is 13.8. The van der Waals surface area contributed by atoms with E-state index < -0.39 is 6.23 Å². The van der Waals surface area contributed by atoms with E-state index in [9.17, 15) is 5.11 Å². The van der Waals surface area contributed by atoms with Crippen LogP contribution in [0.2, 0.25) is 0 Å². The summed E-state index contributed by atoms with van der Waals surface area (Å²) in [6, 6.07) is 0. The molecular weight excluding hydrogens is 322 g/mol. The molecule has 0 fully saturated rings. The van der Waals surface area contributed by atoms with Gasteiger partial charge in [-0.05, 0) is 25.8 Å². The fourth-order valence-corrected chi connectivity index (χ4v) is 2.49. The molecular formula is C18H39N3O4. The number of aliphatic hydroxyl groups excluding tert-OH is 1. The molecule has 0 aromatic heterocycles. The molecule has 0 rings (SSSR count). The third-order valence-electron chi connectivity index (χ3n) is 3.83. The maximum Gasteiger partial charge on any atom is 0.111 e. The molecule has 25 heavy (non-hydrogen) atoms. The monoisotopic (exact) mass is 361 g/mol. The van der Waals surface area contributed by atoms with Crippen molar-refractivity contribution >= 4 is 0 Å². The highest BCUT2D eigenvalue weighted by atomic mass is 16.5. The number of ether oxygens (including phenoxy) is 3. The van der Waals surface area contributed by atoms with Crippen LogP contribution in [-0.2, 0) is 14.2 Å². The van der Waals surface area contributed by atoms with E-state index >= 15 is 0 Å². The number of nitrogens with zero attached hydrogens (tertiary/aromatic N) is 2. The largest absolute Gasteiger partial charge is 0.385 e. The van der Waals surface area contributed by atoms with E-state index in [0.717, 1.165) is 58.8 Å². The fourth-order valence-electron chi connectivity index (χ4n) is 2.49. The van der Waals surface area contributed by atoms with Crippen molar-refractivity contribution in [2.45, 2.75) is 31.9 Å².